The fourth-order valence-corrected chi connectivity index (χ4v) is 5.17. The summed E-state index contributed by atoms with van der Waals surface area (Å²) in [6.45, 7) is 8.80. The number of hydrogen-bond donors (Lipinski definition) is 0. The molecule has 0 unspecified atom stereocenters. The monoisotopic (exact) mass is 524 g/mol. The van der Waals surface area contributed by atoms with Crippen LogP contribution < -0.4 is 9.15 Å². The van der Waals surface area contributed by atoms with Crippen molar-refractivity contribution in [1.29, 1.82) is 0 Å². The minimum Gasteiger partial charge on any atom is -0.154 e. The van der Waals surface area contributed by atoms with Crippen LogP contribution in [0.1, 0.15) is 49.9 Å². The van der Waals surface area contributed by atoms with Crippen molar-refractivity contribution < 1.29 is 0 Å². The summed E-state index contributed by atoms with van der Waals surface area (Å²) in [6, 6.07) is 35.7. The summed E-state index contributed by atoms with van der Waals surface area (Å²) >= 11 is 0. The van der Waals surface area contributed by atoms with Gasteiger partial charge in [0.25, 0.3) is 0 Å². The minimum absolute atomic E-state index is 1.04. The van der Waals surface area contributed by atoms with E-state index in [-0.39, 0.29) is 0 Å². The summed E-state index contributed by atoms with van der Waals surface area (Å²) in [5.41, 5.74) is 12.3. The van der Waals surface area contributed by atoms with Crippen LogP contribution in [0.25, 0.3) is 0 Å². The van der Waals surface area contributed by atoms with Crippen LogP contribution in [0.3, 0.4) is 0 Å². The molecule has 0 radical (unpaired) electrons. The third-order valence-corrected chi connectivity index (χ3v) is 7.78. The maximum atomic E-state index is 2.35. The van der Waals surface area contributed by atoms with Crippen LogP contribution in [0.15, 0.2) is 121 Å². The van der Waals surface area contributed by atoms with E-state index in [1.54, 1.807) is 0 Å². The summed E-state index contributed by atoms with van der Waals surface area (Å²) in [4.78, 5) is 0. The second-order valence-electron chi connectivity index (χ2n) is 10.3. The number of rotatable bonds is 8. The first-order valence-electron chi connectivity index (χ1n) is 14.7. The van der Waals surface area contributed by atoms with Crippen LogP contribution in [-0.4, -0.2) is 11.4 Å². The van der Waals surface area contributed by atoms with Crippen LogP contribution in [0.4, 0.5) is 22.7 Å². The molecule has 0 saturated carbocycles. The van der Waals surface area contributed by atoms with E-state index in [9.17, 15) is 0 Å². The molecule has 40 heavy (non-hydrogen) atoms. The number of nitrogens with zero attached hydrogens (tertiary/aromatic N) is 2. The molecule has 0 amide bonds. The van der Waals surface area contributed by atoms with Crippen molar-refractivity contribution in [2.24, 2.45) is 0 Å². The highest BCUT2D eigenvalue weighted by Gasteiger charge is 2.24. The highest BCUT2D eigenvalue weighted by molar-refractivity contribution is 6.20. The Morgan fingerprint density at radius 2 is 0.525 bits per heavy atom. The molecule has 2 heteroatoms. The Labute approximate surface area is 240 Å². The highest BCUT2D eigenvalue weighted by Crippen LogP contribution is 2.26. The van der Waals surface area contributed by atoms with Gasteiger partial charge in [-0.3, -0.25) is 0 Å². The van der Waals surface area contributed by atoms with E-state index < -0.39 is 0 Å². The lowest BCUT2D eigenvalue weighted by atomic mass is 10.1. The van der Waals surface area contributed by atoms with Gasteiger partial charge in [0.15, 0.2) is 0 Å². The maximum Gasteiger partial charge on any atom is 0.212 e. The molecule has 0 heterocycles. The first-order chi connectivity index (χ1) is 19.6. The standard InChI is InChI=1S/C38H40N2/c1-5-29-9-17-33(18-10-29)39(34-19-11-30(6-2)12-20-34)37-25-27-38(28-26-37)40(35-21-13-31(7-3)14-22-35)36-23-15-32(8-4)16-24-36/h9-28H,5-8H2,1-4H3/q+2. The summed E-state index contributed by atoms with van der Waals surface area (Å²) < 4.78 is 4.69. The average molecular weight is 525 g/mol. The van der Waals surface area contributed by atoms with Gasteiger partial charge in [0, 0.05) is 72.8 Å². The molecule has 0 spiro atoms. The third-order valence-electron chi connectivity index (χ3n) is 7.78. The molecule has 4 aromatic carbocycles. The Morgan fingerprint density at radius 1 is 0.325 bits per heavy atom. The fraction of sp³-hybridized carbons (Fsp3) is 0.211. The van der Waals surface area contributed by atoms with Crippen molar-refractivity contribution in [1.82, 2.24) is 9.15 Å². The average Bonchev–Trinajstić information content (AvgIpc) is 3.03. The molecular weight excluding hydrogens is 484 g/mol. The number of hydrogen-bond acceptors (Lipinski definition) is 0. The molecule has 1 aliphatic rings. The molecule has 1 aliphatic carbocycles. The smallest absolute Gasteiger partial charge is 0.154 e. The van der Waals surface area contributed by atoms with E-state index in [2.05, 4.69) is 158 Å². The Morgan fingerprint density at radius 3 is 0.700 bits per heavy atom. The van der Waals surface area contributed by atoms with Gasteiger partial charge in [-0.2, -0.15) is 9.15 Å². The minimum atomic E-state index is 1.04. The van der Waals surface area contributed by atoms with Gasteiger partial charge in [0.1, 0.15) is 0 Å². The van der Waals surface area contributed by atoms with Gasteiger partial charge in [0.2, 0.25) is 34.2 Å². The van der Waals surface area contributed by atoms with Crippen LogP contribution in [0.5, 0.6) is 0 Å². The molecule has 0 aromatic heterocycles. The molecule has 0 N–H and O–H groups in total. The molecule has 0 bridgehead atoms. The second kappa shape index (κ2) is 12.7. The van der Waals surface area contributed by atoms with Gasteiger partial charge in [-0.05, 0) is 47.9 Å². The Hall–Kier alpha value is -4.30. The first kappa shape index (κ1) is 27.3. The number of benzene rings is 4. The van der Waals surface area contributed by atoms with Crippen molar-refractivity contribution in [3.05, 3.63) is 144 Å². The SMILES string of the molecule is CCc1ccc([N+](=C2C=CC(=[N+](c3ccc(CC)cc3)c3ccc(CC)cc3)C=C2)c2ccc(CC)cc2)cc1. The Balaban J connectivity index is 1.63. The maximum absolute atomic E-state index is 2.35. The lowest BCUT2D eigenvalue weighted by molar-refractivity contribution is 1.06. The van der Waals surface area contributed by atoms with Crippen molar-refractivity contribution in [2.75, 3.05) is 0 Å². The largest absolute Gasteiger partial charge is 0.212 e. The summed E-state index contributed by atoms with van der Waals surface area (Å²) in [5.74, 6) is 0. The fourth-order valence-electron chi connectivity index (χ4n) is 5.17. The molecule has 0 saturated heterocycles. The highest BCUT2D eigenvalue weighted by atomic mass is 15.0. The molecule has 0 aliphatic heterocycles. The lowest BCUT2D eigenvalue weighted by Gasteiger charge is -2.10. The molecule has 0 atom stereocenters. The van der Waals surface area contributed by atoms with Crippen LogP contribution in [-0.2, 0) is 25.7 Å². The van der Waals surface area contributed by atoms with Gasteiger partial charge in [0.05, 0.1) is 0 Å². The van der Waals surface area contributed by atoms with E-state index in [0.29, 0.717) is 0 Å². The molecule has 2 nitrogen and oxygen atoms in total. The summed E-state index contributed by atoms with van der Waals surface area (Å²) in [6.07, 6.45) is 13.1. The van der Waals surface area contributed by atoms with Crippen molar-refractivity contribution in [3.63, 3.8) is 0 Å². The Kier molecular flexibility index (Phi) is 8.66. The first-order valence-corrected chi connectivity index (χ1v) is 14.7. The van der Waals surface area contributed by atoms with Gasteiger partial charge in [-0.15, -0.1) is 0 Å². The van der Waals surface area contributed by atoms with E-state index in [0.717, 1.165) is 59.9 Å². The van der Waals surface area contributed by atoms with Gasteiger partial charge in [-0.25, -0.2) is 0 Å². The van der Waals surface area contributed by atoms with Gasteiger partial charge >= 0.3 is 0 Å². The zero-order valence-corrected chi connectivity index (χ0v) is 24.3. The van der Waals surface area contributed by atoms with Crippen molar-refractivity contribution in [2.45, 2.75) is 53.4 Å². The quantitative estimate of drug-likeness (QED) is 0.160. The topological polar surface area (TPSA) is 6.02 Å². The molecule has 200 valence electrons. The molecule has 0 fully saturated rings. The van der Waals surface area contributed by atoms with Crippen molar-refractivity contribution in [3.8, 4) is 0 Å². The summed E-state index contributed by atoms with van der Waals surface area (Å²) in [5, 5.41) is 0. The number of allylic oxidation sites excluding steroid dienone is 4. The lowest BCUT2D eigenvalue weighted by Crippen LogP contribution is -2.20. The molecule has 4 aromatic rings. The van der Waals surface area contributed by atoms with E-state index in [1.165, 1.54) is 22.3 Å². The van der Waals surface area contributed by atoms with Gasteiger partial charge in [-0.1, -0.05) is 76.2 Å². The third kappa shape index (κ3) is 5.97. The zero-order chi connectivity index (χ0) is 27.9. The number of aryl methyl sites for hydroxylation is 4. The van der Waals surface area contributed by atoms with Crippen LogP contribution in [0.2, 0.25) is 0 Å². The van der Waals surface area contributed by atoms with Crippen LogP contribution in [0, 0.1) is 0 Å². The normalized spacial score (nSPS) is 12.6. The van der Waals surface area contributed by atoms with E-state index in [4.69, 9.17) is 0 Å². The second-order valence-corrected chi connectivity index (χ2v) is 10.3. The predicted octanol–water partition coefficient (Wildman–Crippen LogP) is 9.31. The Bertz CT molecular complexity index is 1320. The molecular formula is C38H40N2+2. The zero-order valence-electron chi connectivity index (χ0n) is 24.3. The molecule has 5 rings (SSSR count). The summed E-state index contributed by atoms with van der Waals surface area (Å²) in [7, 11) is 0. The van der Waals surface area contributed by atoms with E-state index in [1.807, 2.05) is 0 Å². The van der Waals surface area contributed by atoms with Crippen LogP contribution >= 0.6 is 0 Å². The predicted molar refractivity (Wildman–Crippen MR) is 174 cm³/mol. The van der Waals surface area contributed by atoms with Crippen molar-refractivity contribution >= 4 is 34.2 Å². The van der Waals surface area contributed by atoms with Gasteiger partial charge < -0.3 is 0 Å². The van der Waals surface area contributed by atoms with E-state index >= 15 is 0 Å².